The number of fused-ring (bicyclic) bond motifs is 5. The van der Waals surface area contributed by atoms with E-state index in [1.807, 2.05) is 0 Å². The van der Waals surface area contributed by atoms with Crippen molar-refractivity contribution in [1.29, 1.82) is 0 Å². The highest BCUT2D eigenvalue weighted by molar-refractivity contribution is 6.05. The highest BCUT2D eigenvalue weighted by Crippen LogP contribution is 2.51. The molecule has 170 valence electrons. The zero-order valence-corrected chi connectivity index (χ0v) is 20.2. The molecule has 0 fully saturated rings. The van der Waals surface area contributed by atoms with Crippen LogP contribution in [0.2, 0.25) is 0 Å². The Morgan fingerprint density at radius 2 is 1.49 bits per heavy atom. The van der Waals surface area contributed by atoms with Gasteiger partial charge in [0, 0.05) is 10.9 Å². The molecule has 4 aromatic carbocycles. The minimum atomic E-state index is -0.243. The van der Waals surface area contributed by atoms with Gasteiger partial charge in [0.25, 0.3) is 0 Å². The van der Waals surface area contributed by atoms with Crippen LogP contribution in [-0.4, -0.2) is 0 Å². The van der Waals surface area contributed by atoms with Gasteiger partial charge in [0.1, 0.15) is 11.3 Å². The largest absolute Gasteiger partial charge is 0.459 e. The maximum atomic E-state index is 6.67. The molecule has 0 radical (unpaired) electrons. The molecule has 0 aliphatic heterocycles. The summed E-state index contributed by atoms with van der Waals surface area (Å²) in [4.78, 5) is 0. The highest BCUT2D eigenvalue weighted by atomic mass is 16.3. The third kappa shape index (κ3) is 2.94. The summed E-state index contributed by atoms with van der Waals surface area (Å²) in [5.74, 6) is 1.60. The molecule has 2 aliphatic carbocycles. The Labute approximate surface area is 206 Å². The van der Waals surface area contributed by atoms with Crippen LogP contribution in [-0.2, 0) is 11.8 Å². The smallest absolute Gasteiger partial charge is 0.134 e. The number of para-hydroxylation sites is 1. The maximum Gasteiger partial charge on any atom is 0.134 e. The quantitative estimate of drug-likeness (QED) is 0.260. The lowest BCUT2D eigenvalue weighted by Gasteiger charge is -2.36. The summed E-state index contributed by atoms with van der Waals surface area (Å²) in [7, 11) is 0. The standard InChI is InChI=1S/C34H28O/c1-22-18-19-26-29(21-22)32(27-15-7-6-14-25(27)31(26)23-11-4-3-5-12-23)34(2)20-10-16-28-24-13-8-9-17-30(24)35-33(28)34/h3-19,22H,20-21H2,1-2H3. The molecule has 0 saturated heterocycles. The Bertz CT molecular complexity index is 1660. The third-order valence-corrected chi connectivity index (χ3v) is 8.04. The molecule has 2 unspecified atom stereocenters. The van der Waals surface area contributed by atoms with Gasteiger partial charge in [-0.2, -0.15) is 0 Å². The molecule has 5 aromatic rings. The van der Waals surface area contributed by atoms with E-state index in [0.717, 1.165) is 24.2 Å². The van der Waals surface area contributed by atoms with Crippen molar-refractivity contribution in [3.63, 3.8) is 0 Å². The molecular formula is C34H28O. The van der Waals surface area contributed by atoms with Gasteiger partial charge >= 0.3 is 0 Å². The molecule has 0 N–H and O–H groups in total. The maximum absolute atomic E-state index is 6.67. The third-order valence-electron chi connectivity index (χ3n) is 8.04. The van der Waals surface area contributed by atoms with Crippen LogP contribution >= 0.6 is 0 Å². The fourth-order valence-corrected chi connectivity index (χ4v) is 6.47. The number of rotatable bonds is 2. The summed E-state index contributed by atoms with van der Waals surface area (Å²) in [6.07, 6.45) is 11.3. The average Bonchev–Trinajstić information content (AvgIpc) is 3.28. The fraction of sp³-hybridized carbons (Fsp3) is 0.176. The first-order valence-electron chi connectivity index (χ1n) is 12.7. The lowest BCUT2D eigenvalue weighted by atomic mass is 9.66. The number of furan rings is 1. The second kappa shape index (κ2) is 7.58. The second-order valence-electron chi connectivity index (χ2n) is 10.4. The first kappa shape index (κ1) is 20.5. The zero-order valence-electron chi connectivity index (χ0n) is 20.2. The first-order valence-corrected chi connectivity index (χ1v) is 12.7. The molecular weight excluding hydrogens is 424 g/mol. The van der Waals surface area contributed by atoms with Gasteiger partial charge in [0.05, 0.1) is 5.41 Å². The van der Waals surface area contributed by atoms with Gasteiger partial charge in [-0.3, -0.25) is 0 Å². The van der Waals surface area contributed by atoms with Crippen molar-refractivity contribution in [2.45, 2.75) is 32.1 Å². The number of allylic oxidation sites excluding steroid dienone is 2. The van der Waals surface area contributed by atoms with Crippen LogP contribution in [0.3, 0.4) is 0 Å². The van der Waals surface area contributed by atoms with Gasteiger partial charge < -0.3 is 4.42 Å². The van der Waals surface area contributed by atoms with Crippen LogP contribution in [0.25, 0.3) is 45.0 Å². The Hall–Kier alpha value is -3.84. The normalized spacial score (nSPS) is 20.8. The number of hydrogen-bond donors (Lipinski definition) is 0. The summed E-state index contributed by atoms with van der Waals surface area (Å²) in [5.41, 5.74) is 8.88. The highest BCUT2D eigenvalue weighted by Gasteiger charge is 2.40. The fourth-order valence-electron chi connectivity index (χ4n) is 6.47. The predicted molar refractivity (Wildman–Crippen MR) is 148 cm³/mol. The molecule has 0 spiro atoms. The van der Waals surface area contributed by atoms with Crippen molar-refractivity contribution < 1.29 is 4.42 Å². The van der Waals surface area contributed by atoms with Crippen LogP contribution in [0, 0.1) is 5.92 Å². The van der Waals surface area contributed by atoms with Gasteiger partial charge in [-0.1, -0.05) is 104 Å². The van der Waals surface area contributed by atoms with E-state index >= 15 is 0 Å². The molecule has 1 heterocycles. The van der Waals surface area contributed by atoms with Crippen LogP contribution in [0.1, 0.15) is 48.3 Å². The summed E-state index contributed by atoms with van der Waals surface area (Å²) in [6, 6.07) is 28.3. The van der Waals surface area contributed by atoms with Crippen molar-refractivity contribution in [3.05, 3.63) is 119 Å². The summed E-state index contributed by atoms with van der Waals surface area (Å²) < 4.78 is 6.67. The van der Waals surface area contributed by atoms with E-state index in [1.54, 1.807) is 0 Å². The van der Waals surface area contributed by atoms with Crippen molar-refractivity contribution in [2.24, 2.45) is 5.92 Å². The van der Waals surface area contributed by atoms with Gasteiger partial charge in [-0.15, -0.1) is 0 Å². The van der Waals surface area contributed by atoms with Crippen LogP contribution in [0.15, 0.2) is 95.4 Å². The minimum absolute atomic E-state index is 0.243. The number of benzene rings is 4. The average molecular weight is 453 g/mol. The van der Waals surface area contributed by atoms with E-state index in [9.17, 15) is 0 Å². The van der Waals surface area contributed by atoms with E-state index in [1.165, 1.54) is 49.5 Å². The first-order chi connectivity index (χ1) is 17.1. The lowest BCUT2D eigenvalue weighted by molar-refractivity contribution is 0.424. The van der Waals surface area contributed by atoms with E-state index in [0.29, 0.717) is 5.92 Å². The summed E-state index contributed by atoms with van der Waals surface area (Å²) >= 11 is 0. The molecule has 0 saturated carbocycles. The Morgan fingerprint density at radius 3 is 2.31 bits per heavy atom. The van der Waals surface area contributed by atoms with Gasteiger partial charge in [-0.05, 0) is 70.3 Å². The molecule has 0 amide bonds. The monoisotopic (exact) mass is 452 g/mol. The van der Waals surface area contributed by atoms with Crippen molar-refractivity contribution in [1.82, 2.24) is 0 Å². The summed E-state index contributed by atoms with van der Waals surface area (Å²) in [5, 5.41) is 3.87. The molecule has 7 rings (SSSR count). The van der Waals surface area contributed by atoms with Crippen molar-refractivity contribution >= 4 is 33.9 Å². The lowest BCUT2D eigenvalue weighted by Crippen LogP contribution is -2.28. The topological polar surface area (TPSA) is 13.1 Å². The van der Waals surface area contributed by atoms with Gasteiger partial charge in [0.2, 0.25) is 0 Å². The predicted octanol–water partition coefficient (Wildman–Crippen LogP) is 9.18. The van der Waals surface area contributed by atoms with Crippen LogP contribution in [0.5, 0.6) is 0 Å². The molecule has 2 atom stereocenters. The van der Waals surface area contributed by atoms with E-state index < -0.39 is 0 Å². The van der Waals surface area contributed by atoms with Crippen LogP contribution in [0.4, 0.5) is 0 Å². The summed E-state index contributed by atoms with van der Waals surface area (Å²) in [6.45, 7) is 4.72. The van der Waals surface area contributed by atoms with Crippen LogP contribution < -0.4 is 0 Å². The van der Waals surface area contributed by atoms with Crippen molar-refractivity contribution in [2.75, 3.05) is 0 Å². The Kier molecular flexibility index (Phi) is 4.45. The zero-order chi connectivity index (χ0) is 23.6. The van der Waals surface area contributed by atoms with E-state index in [-0.39, 0.29) is 5.41 Å². The number of hydrogen-bond acceptors (Lipinski definition) is 1. The molecule has 1 nitrogen and oxygen atoms in total. The van der Waals surface area contributed by atoms with E-state index in [2.05, 4.69) is 117 Å². The molecule has 1 heteroatoms. The van der Waals surface area contributed by atoms with E-state index in [4.69, 9.17) is 4.42 Å². The van der Waals surface area contributed by atoms with Gasteiger partial charge in [0.15, 0.2) is 0 Å². The molecule has 1 aromatic heterocycles. The molecule has 2 aliphatic rings. The Morgan fingerprint density at radius 1 is 0.771 bits per heavy atom. The Balaban J connectivity index is 1.62. The van der Waals surface area contributed by atoms with Crippen molar-refractivity contribution in [3.8, 4) is 11.1 Å². The SMILES string of the molecule is CC1C=Cc2c(c(C3(C)CC=Cc4c3oc3ccccc43)c3ccccc3c2-c2ccccc2)C1. The molecule has 35 heavy (non-hydrogen) atoms. The molecule has 0 bridgehead atoms. The second-order valence-corrected chi connectivity index (χ2v) is 10.4. The van der Waals surface area contributed by atoms with Gasteiger partial charge in [-0.25, -0.2) is 0 Å². The minimum Gasteiger partial charge on any atom is -0.459 e.